The minimum Gasteiger partial charge on any atom is -0.495 e. The summed E-state index contributed by atoms with van der Waals surface area (Å²) in [5.74, 6) is 6.34. The van der Waals surface area contributed by atoms with Crippen molar-refractivity contribution in [1.29, 1.82) is 0 Å². The highest BCUT2D eigenvalue weighted by Gasteiger charge is 2.42. The van der Waals surface area contributed by atoms with Gasteiger partial charge >= 0.3 is 0 Å². The van der Waals surface area contributed by atoms with Gasteiger partial charge in [0.2, 0.25) is 0 Å². The van der Waals surface area contributed by atoms with Gasteiger partial charge < -0.3 is 9.64 Å². The maximum atomic E-state index is 12.1. The van der Waals surface area contributed by atoms with Crippen molar-refractivity contribution in [2.45, 2.75) is 51.6 Å². The van der Waals surface area contributed by atoms with Crippen molar-refractivity contribution in [3.05, 3.63) is 23.8 Å². The second kappa shape index (κ2) is 5.56. The van der Waals surface area contributed by atoms with Gasteiger partial charge in [0.25, 0.3) is 5.91 Å². The third-order valence-electron chi connectivity index (χ3n) is 4.39. The Morgan fingerprint density at radius 2 is 2.19 bits per heavy atom. The van der Waals surface area contributed by atoms with Gasteiger partial charge in [-0.25, -0.2) is 5.84 Å². The van der Waals surface area contributed by atoms with Crippen LogP contribution in [0.1, 0.15) is 45.6 Å². The number of fused-ring (bicyclic) bond motifs is 1. The van der Waals surface area contributed by atoms with E-state index < -0.39 is 0 Å². The van der Waals surface area contributed by atoms with Gasteiger partial charge in [-0.1, -0.05) is 19.1 Å². The second-order valence-electron chi connectivity index (χ2n) is 6.37. The molecule has 0 radical (unpaired) electrons. The van der Waals surface area contributed by atoms with E-state index in [2.05, 4.69) is 37.2 Å². The highest BCUT2D eigenvalue weighted by Crippen LogP contribution is 2.48. The fraction of sp³-hybridized carbons (Fsp3) is 0.562. The van der Waals surface area contributed by atoms with Crippen LogP contribution in [0, 0.1) is 0 Å². The molecule has 1 aromatic rings. The molecule has 0 aromatic heterocycles. The van der Waals surface area contributed by atoms with Crippen LogP contribution in [-0.2, 0) is 4.79 Å². The zero-order valence-electron chi connectivity index (χ0n) is 13.4. The fourth-order valence-corrected chi connectivity index (χ4v) is 3.58. The Kier molecular flexibility index (Phi) is 4.14. The number of carbonyl (C=O) groups excluding carboxylic acids is 1. The maximum Gasteiger partial charge on any atom is 0.256 e. The predicted octanol–water partition coefficient (Wildman–Crippen LogP) is 2.17. The third kappa shape index (κ3) is 2.58. The van der Waals surface area contributed by atoms with Crippen molar-refractivity contribution in [3.63, 3.8) is 0 Å². The number of rotatable bonds is 3. The summed E-state index contributed by atoms with van der Waals surface area (Å²) < 4.78 is 5.54. The summed E-state index contributed by atoms with van der Waals surface area (Å²) in [5.41, 5.74) is 4.31. The minimum atomic E-state index is -0.368. The molecular weight excluding hydrogens is 266 g/mol. The van der Waals surface area contributed by atoms with Crippen LogP contribution in [0.2, 0.25) is 0 Å². The highest BCUT2D eigenvalue weighted by atomic mass is 16.5. The van der Waals surface area contributed by atoms with E-state index in [0.29, 0.717) is 5.92 Å². The van der Waals surface area contributed by atoms with Gasteiger partial charge in [0.15, 0.2) is 0 Å². The van der Waals surface area contributed by atoms with Gasteiger partial charge in [0, 0.05) is 5.54 Å². The number of anilines is 1. The SMILES string of the molecule is COc1cccc2c1N(C(C)C(=O)NN)C(C)(C)CC2C. The molecular formula is C16H25N3O2. The summed E-state index contributed by atoms with van der Waals surface area (Å²) >= 11 is 0. The first-order valence-corrected chi connectivity index (χ1v) is 7.30. The molecule has 5 heteroatoms. The molecule has 116 valence electrons. The molecule has 0 saturated carbocycles. The van der Waals surface area contributed by atoms with Crippen LogP contribution in [0.15, 0.2) is 18.2 Å². The Hall–Kier alpha value is -1.75. The molecule has 5 nitrogen and oxygen atoms in total. The van der Waals surface area contributed by atoms with Gasteiger partial charge in [-0.3, -0.25) is 10.2 Å². The Morgan fingerprint density at radius 1 is 1.52 bits per heavy atom. The Balaban J connectivity index is 2.63. The lowest BCUT2D eigenvalue weighted by Gasteiger charge is -2.50. The van der Waals surface area contributed by atoms with Crippen molar-refractivity contribution in [1.82, 2.24) is 5.43 Å². The average molecular weight is 291 g/mol. The van der Waals surface area contributed by atoms with E-state index in [0.717, 1.165) is 17.9 Å². The molecule has 0 fully saturated rings. The number of amides is 1. The fourth-order valence-electron chi connectivity index (χ4n) is 3.58. The molecule has 2 rings (SSSR count). The molecule has 0 aliphatic carbocycles. The zero-order chi connectivity index (χ0) is 15.8. The number of nitrogens with zero attached hydrogens (tertiary/aromatic N) is 1. The van der Waals surface area contributed by atoms with Crippen LogP contribution >= 0.6 is 0 Å². The van der Waals surface area contributed by atoms with E-state index in [4.69, 9.17) is 10.6 Å². The van der Waals surface area contributed by atoms with E-state index in [9.17, 15) is 4.79 Å². The Bertz CT molecular complexity index is 542. The molecule has 21 heavy (non-hydrogen) atoms. The lowest BCUT2D eigenvalue weighted by molar-refractivity contribution is -0.122. The van der Waals surface area contributed by atoms with Crippen molar-refractivity contribution in [2.75, 3.05) is 12.0 Å². The lowest BCUT2D eigenvalue weighted by atomic mass is 9.79. The average Bonchev–Trinajstić information content (AvgIpc) is 2.44. The molecule has 1 aromatic carbocycles. The van der Waals surface area contributed by atoms with Crippen molar-refractivity contribution in [3.8, 4) is 5.75 Å². The van der Waals surface area contributed by atoms with Crippen LogP contribution in [0.4, 0.5) is 5.69 Å². The first-order valence-electron chi connectivity index (χ1n) is 7.30. The first-order chi connectivity index (χ1) is 9.83. The summed E-state index contributed by atoms with van der Waals surface area (Å²) in [7, 11) is 1.66. The van der Waals surface area contributed by atoms with Gasteiger partial charge in [-0.15, -0.1) is 0 Å². The molecule has 3 N–H and O–H groups in total. The van der Waals surface area contributed by atoms with Gasteiger partial charge in [0.1, 0.15) is 11.8 Å². The topological polar surface area (TPSA) is 67.6 Å². The van der Waals surface area contributed by atoms with Crippen molar-refractivity contribution in [2.24, 2.45) is 5.84 Å². The van der Waals surface area contributed by atoms with Crippen molar-refractivity contribution >= 4 is 11.6 Å². The van der Waals surface area contributed by atoms with E-state index in [-0.39, 0.29) is 17.5 Å². The molecule has 1 aliphatic heterocycles. The molecule has 0 spiro atoms. The molecule has 1 amide bonds. The summed E-state index contributed by atoms with van der Waals surface area (Å²) in [4.78, 5) is 14.2. The summed E-state index contributed by atoms with van der Waals surface area (Å²) in [6, 6.07) is 5.68. The van der Waals surface area contributed by atoms with E-state index >= 15 is 0 Å². The first kappa shape index (κ1) is 15.6. The number of methoxy groups -OCH3 is 1. The number of para-hydroxylation sites is 1. The smallest absolute Gasteiger partial charge is 0.256 e. The number of benzene rings is 1. The Morgan fingerprint density at radius 3 is 2.76 bits per heavy atom. The minimum absolute atomic E-state index is 0.160. The quantitative estimate of drug-likeness (QED) is 0.509. The monoisotopic (exact) mass is 291 g/mol. The van der Waals surface area contributed by atoms with E-state index in [1.54, 1.807) is 7.11 Å². The normalized spacial score (nSPS) is 21.4. The standard InChI is InChI=1S/C16H25N3O2/c1-10-9-16(3,4)19(11(2)15(20)18-17)14-12(10)7-6-8-13(14)21-5/h6-8,10-11H,9,17H2,1-5H3,(H,18,20). The molecule has 2 unspecified atom stereocenters. The molecule has 0 bridgehead atoms. The van der Waals surface area contributed by atoms with E-state index in [1.165, 1.54) is 5.56 Å². The van der Waals surface area contributed by atoms with Crippen LogP contribution in [0.3, 0.4) is 0 Å². The van der Waals surface area contributed by atoms with Crippen LogP contribution < -0.4 is 20.9 Å². The molecule has 1 aliphatic rings. The molecule has 1 heterocycles. The highest BCUT2D eigenvalue weighted by molar-refractivity contribution is 5.86. The summed E-state index contributed by atoms with van der Waals surface area (Å²) in [6.07, 6.45) is 0.968. The van der Waals surface area contributed by atoms with E-state index in [1.807, 2.05) is 19.1 Å². The zero-order valence-corrected chi connectivity index (χ0v) is 13.4. The third-order valence-corrected chi connectivity index (χ3v) is 4.39. The van der Waals surface area contributed by atoms with Crippen LogP contribution in [-0.4, -0.2) is 24.6 Å². The largest absolute Gasteiger partial charge is 0.495 e. The lowest BCUT2D eigenvalue weighted by Crippen LogP contribution is -2.58. The molecule has 2 atom stereocenters. The van der Waals surface area contributed by atoms with Gasteiger partial charge in [0.05, 0.1) is 12.8 Å². The van der Waals surface area contributed by atoms with Crippen molar-refractivity contribution < 1.29 is 9.53 Å². The molecule has 0 saturated heterocycles. The number of nitrogens with two attached hydrogens (primary N) is 1. The number of carbonyl (C=O) groups is 1. The summed E-state index contributed by atoms with van der Waals surface area (Å²) in [6.45, 7) is 8.39. The summed E-state index contributed by atoms with van der Waals surface area (Å²) in [5, 5.41) is 0. The number of hydrogen-bond acceptors (Lipinski definition) is 4. The van der Waals surface area contributed by atoms with Crippen LogP contribution in [0.25, 0.3) is 0 Å². The second-order valence-corrected chi connectivity index (χ2v) is 6.37. The Labute approximate surface area is 126 Å². The van der Waals surface area contributed by atoms with Gasteiger partial charge in [-0.05, 0) is 44.7 Å². The number of nitrogens with one attached hydrogen (secondary N) is 1. The number of ether oxygens (including phenoxy) is 1. The number of hydrazine groups is 1. The number of hydrogen-bond donors (Lipinski definition) is 2. The van der Waals surface area contributed by atoms with Crippen LogP contribution in [0.5, 0.6) is 5.75 Å². The predicted molar refractivity (Wildman–Crippen MR) is 84.4 cm³/mol. The maximum absolute atomic E-state index is 12.1. The van der Waals surface area contributed by atoms with Gasteiger partial charge in [-0.2, -0.15) is 0 Å².